The number of anilines is 2. The van der Waals surface area contributed by atoms with Gasteiger partial charge < -0.3 is 9.64 Å². The van der Waals surface area contributed by atoms with E-state index >= 15 is 0 Å². The molecule has 3 rings (SSSR count). The number of hydrogen-bond donors (Lipinski definition) is 1. The molecule has 23 heavy (non-hydrogen) atoms. The van der Waals surface area contributed by atoms with Crippen LogP contribution >= 0.6 is 11.3 Å². The van der Waals surface area contributed by atoms with E-state index in [1.165, 1.54) is 18.3 Å². The largest absolute Gasteiger partial charge is 0.476 e. The molecule has 0 bridgehead atoms. The number of benzene rings is 1. The molecule has 1 aromatic carbocycles. The minimum absolute atomic E-state index is 0.125. The van der Waals surface area contributed by atoms with Crippen LogP contribution in [0.4, 0.5) is 10.8 Å². The minimum Gasteiger partial charge on any atom is -0.476 e. The van der Waals surface area contributed by atoms with Gasteiger partial charge in [0.25, 0.3) is 5.91 Å². The van der Waals surface area contributed by atoms with E-state index in [1.807, 2.05) is 26.0 Å². The van der Waals surface area contributed by atoms with Crippen LogP contribution in [0.15, 0.2) is 24.3 Å². The third-order valence-corrected chi connectivity index (χ3v) is 4.69. The molecule has 6 nitrogen and oxygen atoms in total. The molecule has 0 aliphatic carbocycles. The Morgan fingerprint density at radius 3 is 2.74 bits per heavy atom. The summed E-state index contributed by atoms with van der Waals surface area (Å²) in [6.07, 6.45) is -0.765. The highest BCUT2D eigenvalue weighted by Crippen LogP contribution is 2.33. The summed E-state index contributed by atoms with van der Waals surface area (Å²) in [5, 5.41) is 3.31. The molecular weight excluding hydrogens is 314 g/mol. The summed E-state index contributed by atoms with van der Waals surface area (Å²) in [5.74, 6) is 0.0968. The number of nitrogens with one attached hydrogen (secondary N) is 1. The first kappa shape index (κ1) is 15.5. The maximum atomic E-state index is 12.5. The fraction of sp³-hybridized carbons (Fsp3) is 0.312. The molecule has 2 aromatic rings. The third kappa shape index (κ3) is 3.05. The van der Waals surface area contributed by atoms with Gasteiger partial charge in [-0.2, -0.15) is 0 Å². The number of aromatic nitrogens is 1. The Hall–Kier alpha value is -2.41. The highest BCUT2D eigenvalue weighted by atomic mass is 32.1. The highest BCUT2D eigenvalue weighted by molar-refractivity contribution is 7.15. The van der Waals surface area contributed by atoms with Crippen molar-refractivity contribution in [3.63, 3.8) is 0 Å². The van der Waals surface area contributed by atoms with Gasteiger partial charge >= 0.3 is 0 Å². The van der Waals surface area contributed by atoms with Crippen molar-refractivity contribution in [2.75, 3.05) is 16.8 Å². The van der Waals surface area contributed by atoms with Crippen LogP contribution in [0.25, 0.3) is 0 Å². The number of para-hydroxylation sites is 2. The Bertz CT molecular complexity index is 752. The molecule has 0 radical (unpaired) electrons. The van der Waals surface area contributed by atoms with Gasteiger partial charge in [-0.05, 0) is 26.0 Å². The Kier molecular flexibility index (Phi) is 4.04. The number of rotatable bonds is 2. The molecule has 0 spiro atoms. The molecule has 1 unspecified atom stereocenters. The second kappa shape index (κ2) is 6.00. The monoisotopic (exact) mass is 331 g/mol. The molecular formula is C16H17N3O3S. The molecule has 1 atom stereocenters. The van der Waals surface area contributed by atoms with Crippen molar-refractivity contribution in [1.82, 2.24) is 4.98 Å². The zero-order valence-electron chi connectivity index (χ0n) is 13.1. The number of carbonyl (C=O) groups excluding carboxylic acids is 2. The van der Waals surface area contributed by atoms with Gasteiger partial charge in [0.15, 0.2) is 11.2 Å². The second-order valence-electron chi connectivity index (χ2n) is 5.35. The van der Waals surface area contributed by atoms with Crippen LogP contribution in [0, 0.1) is 13.8 Å². The van der Waals surface area contributed by atoms with E-state index in [0.717, 1.165) is 10.6 Å². The van der Waals surface area contributed by atoms with Gasteiger partial charge in [-0.1, -0.05) is 12.1 Å². The van der Waals surface area contributed by atoms with Gasteiger partial charge in [0.1, 0.15) is 5.75 Å². The van der Waals surface area contributed by atoms with Crippen LogP contribution in [0.3, 0.4) is 0 Å². The standard InChI is InChI=1S/C16H17N3O3S/c1-9-10(2)23-16(17-9)18-15(21)14-8-19(11(3)20)12-6-4-5-7-13(12)22-14/h4-7,14H,8H2,1-3H3,(H,17,18,21). The van der Waals surface area contributed by atoms with Crippen LogP contribution < -0.4 is 15.0 Å². The number of hydrogen-bond acceptors (Lipinski definition) is 5. The first-order valence-electron chi connectivity index (χ1n) is 7.24. The third-order valence-electron chi connectivity index (χ3n) is 3.70. The van der Waals surface area contributed by atoms with Crippen LogP contribution in [0.2, 0.25) is 0 Å². The van der Waals surface area contributed by atoms with E-state index < -0.39 is 6.10 Å². The molecule has 0 saturated carbocycles. The van der Waals surface area contributed by atoms with Crippen LogP contribution in [0.1, 0.15) is 17.5 Å². The maximum Gasteiger partial charge on any atom is 0.269 e. The number of thiazole rings is 1. The molecule has 1 aliphatic rings. The first-order chi connectivity index (χ1) is 11.0. The van der Waals surface area contributed by atoms with E-state index in [1.54, 1.807) is 17.0 Å². The van der Waals surface area contributed by atoms with E-state index in [4.69, 9.17) is 4.74 Å². The maximum absolute atomic E-state index is 12.5. The van der Waals surface area contributed by atoms with Crippen LogP contribution in [-0.2, 0) is 9.59 Å². The number of carbonyl (C=O) groups is 2. The Labute approximate surface area is 138 Å². The lowest BCUT2D eigenvalue weighted by Crippen LogP contribution is -2.48. The summed E-state index contributed by atoms with van der Waals surface area (Å²) in [6, 6.07) is 7.20. The Morgan fingerprint density at radius 1 is 1.35 bits per heavy atom. The second-order valence-corrected chi connectivity index (χ2v) is 6.56. The van der Waals surface area contributed by atoms with Crippen molar-refractivity contribution in [3.8, 4) is 5.75 Å². The minimum atomic E-state index is -0.765. The van der Waals surface area contributed by atoms with Crippen molar-refractivity contribution in [1.29, 1.82) is 0 Å². The zero-order valence-corrected chi connectivity index (χ0v) is 13.9. The molecule has 0 fully saturated rings. The number of ether oxygens (including phenoxy) is 1. The molecule has 1 N–H and O–H groups in total. The van der Waals surface area contributed by atoms with Gasteiger partial charge in [0.05, 0.1) is 17.9 Å². The average Bonchev–Trinajstić information content (AvgIpc) is 2.83. The normalized spacial score (nSPS) is 16.5. The fourth-order valence-electron chi connectivity index (χ4n) is 2.38. The lowest BCUT2D eigenvalue weighted by atomic mass is 10.2. The molecule has 1 aromatic heterocycles. The highest BCUT2D eigenvalue weighted by Gasteiger charge is 2.32. The first-order valence-corrected chi connectivity index (χ1v) is 8.06. The predicted molar refractivity (Wildman–Crippen MR) is 89.1 cm³/mol. The smallest absolute Gasteiger partial charge is 0.269 e. The predicted octanol–water partition coefficient (Wildman–Crippen LogP) is 2.51. The summed E-state index contributed by atoms with van der Waals surface area (Å²) < 4.78 is 5.75. The quantitative estimate of drug-likeness (QED) is 0.918. The van der Waals surface area contributed by atoms with Crippen molar-refractivity contribution >= 4 is 34.0 Å². The van der Waals surface area contributed by atoms with Gasteiger partial charge in [-0.25, -0.2) is 4.98 Å². The Morgan fingerprint density at radius 2 is 2.09 bits per heavy atom. The van der Waals surface area contributed by atoms with Gasteiger partial charge in [0.2, 0.25) is 5.91 Å². The van der Waals surface area contributed by atoms with E-state index in [-0.39, 0.29) is 18.4 Å². The average molecular weight is 331 g/mol. The number of fused-ring (bicyclic) bond motifs is 1. The molecule has 1 aliphatic heterocycles. The van der Waals surface area contributed by atoms with E-state index in [9.17, 15) is 9.59 Å². The zero-order chi connectivity index (χ0) is 16.6. The number of aryl methyl sites for hydroxylation is 2. The van der Waals surface area contributed by atoms with Crippen molar-refractivity contribution in [2.24, 2.45) is 0 Å². The van der Waals surface area contributed by atoms with Crippen molar-refractivity contribution < 1.29 is 14.3 Å². The lowest BCUT2D eigenvalue weighted by Gasteiger charge is -2.33. The molecule has 120 valence electrons. The topological polar surface area (TPSA) is 71.5 Å². The van der Waals surface area contributed by atoms with Crippen LogP contribution in [0.5, 0.6) is 5.75 Å². The van der Waals surface area contributed by atoms with Gasteiger partial charge in [0, 0.05) is 11.8 Å². The molecule has 0 saturated heterocycles. The summed E-state index contributed by atoms with van der Waals surface area (Å²) in [4.78, 5) is 31.2. The summed E-state index contributed by atoms with van der Waals surface area (Å²) >= 11 is 1.42. The molecule has 2 heterocycles. The lowest BCUT2D eigenvalue weighted by molar-refractivity contribution is -0.123. The van der Waals surface area contributed by atoms with E-state index in [0.29, 0.717) is 16.6 Å². The number of amides is 2. The molecule has 7 heteroatoms. The summed E-state index contributed by atoms with van der Waals surface area (Å²) in [7, 11) is 0. The van der Waals surface area contributed by atoms with Gasteiger partial charge in [-0.3, -0.25) is 14.9 Å². The van der Waals surface area contributed by atoms with Crippen molar-refractivity contribution in [2.45, 2.75) is 26.9 Å². The Balaban J connectivity index is 1.81. The SMILES string of the molecule is CC(=O)N1CC(C(=O)Nc2nc(C)c(C)s2)Oc2ccccc21. The van der Waals surface area contributed by atoms with Gasteiger partial charge in [-0.15, -0.1) is 11.3 Å². The fourth-order valence-corrected chi connectivity index (χ4v) is 3.20. The number of nitrogens with zero attached hydrogens (tertiary/aromatic N) is 2. The van der Waals surface area contributed by atoms with E-state index in [2.05, 4.69) is 10.3 Å². The molecule has 2 amide bonds. The van der Waals surface area contributed by atoms with Crippen molar-refractivity contribution in [3.05, 3.63) is 34.8 Å². The van der Waals surface area contributed by atoms with Crippen LogP contribution in [-0.4, -0.2) is 29.4 Å². The summed E-state index contributed by atoms with van der Waals surface area (Å²) in [6.45, 7) is 5.51. The summed E-state index contributed by atoms with van der Waals surface area (Å²) in [5.41, 5.74) is 1.58.